The highest BCUT2D eigenvalue weighted by Gasteiger charge is 2.70. The average Bonchev–Trinajstić information content (AvgIpc) is 2.97. The fourth-order valence-corrected chi connectivity index (χ4v) is 5.85. The molecule has 3 aliphatic rings. The number of nitrogens with zero attached hydrogens (tertiary/aromatic N) is 3. The van der Waals surface area contributed by atoms with Crippen LogP contribution < -0.4 is 5.32 Å². The van der Waals surface area contributed by atoms with Crippen molar-refractivity contribution in [2.75, 3.05) is 13.1 Å². The molecule has 1 aliphatic heterocycles. The summed E-state index contributed by atoms with van der Waals surface area (Å²) in [4.78, 5) is 32.5. The van der Waals surface area contributed by atoms with Crippen LogP contribution in [0.5, 0.6) is 0 Å². The summed E-state index contributed by atoms with van der Waals surface area (Å²) in [6, 6.07) is 4.25. The molecule has 2 aromatic rings. The minimum Gasteiger partial charge on any atom is -0.444 e. The number of likely N-dealkylation sites (tertiary alicyclic amines) is 1. The van der Waals surface area contributed by atoms with E-state index in [2.05, 4.69) is 35.0 Å². The smallest absolute Gasteiger partial charge is 0.410 e. The van der Waals surface area contributed by atoms with Gasteiger partial charge < -0.3 is 19.4 Å². The Bertz CT molecular complexity index is 1110. The molecule has 0 spiro atoms. The lowest BCUT2D eigenvalue weighted by Crippen LogP contribution is -2.45. The number of ether oxygens (including phenoxy) is 1. The number of amides is 2. The van der Waals surface area contributed by atoms with E-state index in [4.69, 9.17) is 9.72 Å². The lowest BCUT2D eigenvalue weighted by Gasteiger charge is -2.28. The van der Waals surface area contributed by atoms with Gasteiger partial charge in [-0.15, -0.1) is 0 Å². The minimum absolute atomic E-state index is 0.0515. The highest BCUT2D eigenvalue weighted by atomic mass is 16.6. The molecule has 7 nitrogen and oxygen atoms in total. The summed E-state index contributed by atoms with van der Waals surface area (Å²) in [5.74, 6) is 1.02. The van der Waals surface area contributed by atoms with E-state index in [1.165, 1.54) is 11.1 Å². The molecule has 2 amide bonds. The molecule has 5 rings (SSSR count). The van der Waals surface area contributed by atoms with E-state index in [9.17, 15) is 9.59 Å². The van der Waals surface area contributed by atoms with Gasteiger partial charge in [-0.05, 0) is 71.4 Å². The van der Waals surface area contributed by atoms with Gasteiger partial charge in [-0.25, -0.2) is 9.78 Å². The molecule has 0 aromatic carbocycles. The highest BCUT2D eigenvalue weighted by molar-refractivity contribution is 5.85. The van der Waals surface area contributed by atoms with Crippen LogP contribution in [0.3, 0.4) is 0 Å². The Balaban J connectivity index is 1.30. The Kier molecular flexibility index (Phi) is 4.47. The summed E-state index contributed by atoms with van der Waals surface area (Å²) >= 11 is 0. The van der Waals surface area contributed by atoms with Crippen LogP contribution in [0, 0.1) is 17.3 Å². The van der Waals surface area contributed by atoms with Crippen molar-refractivity contribution in [3.8, 4) is 0 Å². The number of rotatable bonds is 3. The number of hydrogen-bond acceptors (Lipinski definition) is 4. The molecule has 172 valence electrons. The van der Waals surface area contributed by atoms with Crippen molar-refractivity contribution in [1.82, 2.24) is 19.6 Å². The number of imidazole rings is 1. The van der Waals surface area contributed by atoms with Gasteiger partial charge in [-0.3, -0.25) is 4.79 Å². The average molecular weight is 439 g/mol. The second-order valence-electron chi connectivity index (χ2n) is 11.6. The molecule has 2 aliphatic carbocycles. The zero-order valence-corrected chi connectivity index (χ0v) is 20.0. The molecule has 3 unspecified atom stereocenters. The summed E-state index contributed by atoms with van der Waals surface area (Å²) in [5, 5.41) is 3.28. The van der Waals surface area contributed by atoms with E-state index >= 15 is 0 Å². The van der Waals surface area contributed by atoms with Crippen LogP contribution in [0.2, 0.25) is 0 Å². The molecule has 32 heavy (non-hydrogen) atoms. The first kappa shape index (κ1) is 21.3. The van der Waals surface area contributed by atoms with Crippen molar-refractivity contribution >= 4 is 17.5 Å². The second kappa shape index (κ2) is 6.72. The van der Waals surface area contributed by atoms with Crippen molar-refractivity contribution in [1.29, 1.82) is 0 Å². The van der Waals surface area contributed by atoms with Gasteiger partial charge in [0.05, 0.1) is 22.7 Å². The molecule has 0 bridgehead atoms. The number of piperidine rings is 1. The normalized spacial score (nSPS) is 26.8. The Morgan fingerprint density at radius 3 is 2.62 bits per heavy atom. The topological polar surface area (TPSA) is 75.9 Å². The van der Waals surface area contributed by atoms with E-state index in [1.807, 2.05) is 34.6 Å². The number of nitrogens with one attached hydrogen (secondary N) is 1. The molecule has 3 heterocycles. The molecule has 2 aromatic heterocycles. The van der Waals surface area contributed by atoms with E-state index in [0.29, 0.717) is 13.1 Å². The number of aryl methyl sites for hydroxylation is 2. The van der Waals surface area contributed by atoms with Gasteiger partial charge in [0.15, 0.2) is 0 Å². The third kappa shape index (κ3) is 3.28. The van der Waals surface area contributed by atoms with E-state index < -0.39 is 11.1 Å². The van der Waals surface area contributed by atoms with Crippen molar-refractivity contribution < 1.29 is 14.3 Å². The van der Waals surface area contributed by atoms with Gasteiger partial charge in [0.25, 0.3) is 0 Å². The Hall–Kier alpha value is -2.57. The molecule has 0 radical (unpaired) electrons. The maximum atomic E-state index is 13.3. The van der Waals surface area contributed by atoms with Crippen LogP contribution >= 0.6 is 0 Å². The number of hydrogen-bond donors (Lipinski definition) is 1. The van der Waals surface area contributed by atoms with Gasteiger partial charge in [0.2, 0.25) is 5.91 Å². The predicted octanol–water partition coefficient (Wildman–Crippen LogP) is 3.68. The minimum atomic E-state index is -0.598. The summed E-state index contributed by atoms with van der Waals surface area (Å²) < 4.78 is 7.67. The van der Waals surface area contributed by atoms with Gasteiger partial charge in [0, 0.05) is 24.7 Å². The van der Waals surface area contributed by atoms with Gasteiger partial charge in [-0.1, -0.05) is 13.0 Å². The first-order valence-corrected chi connectivity index (χ1v) is 11.7. The van der Waals surface area contributed by atoms with E-state index in [1.54, 1.807) is 4.90 Å². The van der Waals surface area contributed by atoms with Crippen molar-refractivity contribution in [2.45, 2.75) is 71.9 Å². The fraction of sp³-hybridized carbons (Fsp3) is 0.640. The number of fused-ring (bicyclic) bond motifs is 1. The molecule has 3 atom stereocenters. The lowest BCUT2D eigenvalue weighted by molar-refractivity contribution is -0.125. The number of aromatic nitrogens is 2. The summed E-state index contributed by atoms with van der Waals surface area (Å²) in [6.45, 7) is 12.9. The maximum Gasteiger partial charge on any atom is 0.410 e. The zero-order chi connectivity index (χ0) is 23.1. The van der Waals surface area contributed by atoms with Gasteiger partial charge in [-0.2, -0.15) is 0 Å². The number of carbonyl (C=O) groups excluding carboxylic acids is 2. The molecule has 1 N–H and O–H groups in total. The third-order valence-corrected chi connectivity index (χ3v) is 7.41. The molecular formula is C25H34N4O3. The van der Waals surface area contributed by atoms with Crippen LogP contribution in [0.1, 0.15) is 65.0 Å². The van der Waals surface area contributed by atoms with Gasteiger partial charge >= 0.3 is 6.09 Å². The van der Waals surface area contributed by atoms with Crippen molar-refractivity contribution in [3.63, 3.8) is 0 Å². The van der Waals surface area contributed by atoms with Crippen LogP contribution in [0.25, 0.3) is 5.52 Å². The van der Waals surface area contributed by atoms with Crippen molar-refractivity contribution in [3.05, 3.63) is 35.4 Å². The largest absolute Gasteiger partial charge is 0.444 e. The fourth-order valence-electron chi connectivity index (χ4n) is 5.85. The number of pyridine rings is 1. The van der Waals surface area contributed by atoms with Crippen LogP contribution in [0.15, 0.2) is 18.3 Å². The van der Waals surface area contributed by atoms with Crippen LogP contribution in [-0.2, 0) is 27.9 Å². The highest BCUT2D eigenvalue weighted by Crippen LogP contribution is 2.63. The first-order valence-electron chi connectivity index (χ1n) is 11.7. The predicted molar refractivity (Wildman–Crippen MR) is 121 cm³/mol. The number of carbonyl (C=O) groups is 2. The summed E-state index contributed by atoms with van der Waals surface area (Å²) in [6.07, 6.45) is 4.93. The Morgan fingerprint density at radius 2 is 1.97 bits per heavy atom. The Labute approximate surface area is 189 Å². The quantitative estimate of drug-likeness (QED) is 0.793. The van der Waals surface area contributed by atoms with E-state index in [0.717, 1.165) is 30.8 Å². The molecule has 2 fully saturated rings. The SMILES string of the molecule is CC(C)(C)OC(=O)N1CC2C(C(=O)NC(C)(C)c3nc4c5c(cccn35)CCC4)C2(C)C1. The standard InChI is InChI=1S/C25H34N4O3/c1-23(2,3)32-22(31)28-13-16-18(25(16,6)14-28)20(30)27-24(4,5)21-26-17-11-7-9-15-10-8-12-29(21)19(15)17/h8,10,12,16,18H,7,9,11,13-14H2,1-6H3,(H,27,30). The first-order chi connectivity index (χ1) is 14.9. The van der Waals surface area contributed by atoms with E-state index in [-0.39, 0.29) is 29.3 Å². The Morgan fingerprint density at radius 1 is 1.22 bits per heavy atom. The zero-order valence-electron chi connectivity index (χ0n) is 20.0. The molecular weight excluding hydrogens is 404 g/mol. The molecule has 1 saturated heterocycles. The second-order valence-corrected chi connectivity index (χ2v) is 11.6. The summed E-state index contributed by atoms with van der Waals surface area (Å²) in [7, 11) is 0. The van der Waals surface area contributed by atoms with Crippen LogP contribution in [-0.4, -0.2) is 45.0 Å². The summed E-state index contributed by atoms with van der Waals surface area (Å²) in [5.41, 5.74) is 2.37. The van der Waals surface area contributed by atoms with Crippen molar-refractivity contribution in [2.24, 2.45) is 17.3 Å². The van der Waals surface area contributed by atoms with Crippen LogP contribution in [0.4, 0.5) is 4.79 Å². The molecule has 7 heteroatoms. The maximum absolute atomic E-state index is 13.3. The monoisotopic (exact) mass is 438 g/mol. The third-order valence-electron chi connectivity index (χ3n) is 7.41. The van der Waals surface area contributed by atoms with Gasteiger partial charge in [0.1, 0.15) is 11.4 Å². The lowest BCUT2D eigenvalue weighted by atomic mass is 9.99. The molecule has 1 saturated carbocycles.